The van der Waals surface area contributed by atoms with Crippen LogP contribution in [0.4, 0.5) is 0 Å². The van der Waals surface area contributed by atoms with Crippen LogP contribution in [0.15, 0.2) is 0 Å². The highest BCUT2D eigenvalue weighted by atomic mass is 35.5. The van der Waals surface area contributed by atoms with Crippen molar-refractivity contribution in [2.24, 2.45) is 5.73 Å². The fraction of sp³-hybridized carbons (Fsp3) is 0.875. The minimum absolute atomic E-state index is 0.231. The van der Waals surface area contributed by atoms with Crippen molar-refractivity contribution in [1.82, 2.24) is 0 Å². The number of carbonyl (C=O) groups is 1. The van der Waals surface area contributed by atoms with Crippen molar-refractivity contribution in [2.75, 3.05) is 5.75 Å². The van der Waals surface area contributed by atoms with Crippen LogP contribution in [0.1, 0.15) is 27.2 Å². The standard InChI is InChI=1S/C8H16ClNOS/c1-8(2,3)12-5-4-6(10)7(9)11/h6H,4-5,10H2,1-3H3/t6-/m0/s1. The average molecular weight is 210 g/mol. The minimum Gasteiger partial charge on any atom is -0.320 e. The van der Waals surface area contributed by atoms with Crippen molar-refractivity contribution < 1.29 is 4.79 Å². The first kappa shape index (κ1) is 12.3. The van der Waals surface area contributed by atoms with Gasteiger partial charge in [-0.05, 0) is 23.8 Å². The maximum absolute atomic E-state index is 10.5. The number of hydrogen-bond donors (Lipinski definition) is 1. The lowest BCUT2D eigenvalue weighted by Gasteiger charge is -2.17. The number of hydrogen-bond acceptors (Lipinski definition) is 3. The van der Waals surface area contributed by atoms with E-state index in [4.69, 9.17) is 17.3 Å². The second-order valence-corrected chi connectivity index (χ2v) is 5.95. The van der Waals surface area contributed by atoms with E-state index in [1.165, 1.54) is 0 Å². The lowest BCUT2D eigenvalue weighted by molar-refractivity contribution is -0.112. The molecule has 0 aliphatic rings. The quantitative estimate of drug-likeness (QED) is 0.721. The first-order valence-corrected chi connectivity index (χ1v) is 5.28. The van der Waals surface area contributed by atoms with Gasteiger partial charge in [-0.1, -0.05) is 20.8 Å². The summed E-state index contributed by atoms with van der Waals surface area (Å²) in [7, 11) is 0. The molecular formula is C8H16ClNOS. The molecule has 0 aliphatic carbocycles. The Hall–Kier alpha value is 0.270. The Morgan fingerprint density at radius 2 is 2.08 bits per heavy atom. The van der Waals surface area contributed by atoms with Crippen LogP contribution in [-0.2, 0) is 4.79 Å². The van der Waals surface area contributed by atoms with Gasteiger partial charge in [0.2, 0.25) is 5.24 Å². The largest absolute Gasteiger partial charge is 0.320 e. The van der Waals surface area contributed by atoms with Gasteiger partial charge in [0.1, 0.15) is 0 Å². The van der Waals surface area contributed by atoms with Gasteiger partial charge in [-0.15, -0.1) is 0 Å². The van der Waals surface area contributed by atoms with Gasteiger partial charge < -0.3 is 5.73 Å². The lowest BCUT2D eigenvalue weighted by atomic mass is 10.2. The van der Waals surface area contributed by atoms with Gasteiger partial charge in [0.15, 0.2) is 0 Å². The first-order valence-electron chi connectivity index (χ1n) is 3.92. The molecule has 0 unspecified atom stereocenters. The van der Waals surface area contributed by atoms with Crippen LogP contribution in [-0.4, -0.2) is 21.8 Å². The van der Waals surface area contributed by atoms with Crippen LogP contribution < -0.4 is 5.73 Å². The third-order valence-electron chi connectivity index (χ3n) is 1.26. The molecule has 0 spiro atoms. The molecule has 0 aromatic heterocycles. The molecule has 4 heteroatoms. The second-order valence-electron chi connectivity index (χ2n) is 3.66. The van der Waals surface area contributed by atoms with Crippen LogP contribution in [0.2, 0.25) is 0 Å². The third-order valence-corrected chi connectivity index (χ3v) is 2.84. The van der Waals surface area contributed by atoms with Gasteiger partial charge in [-0.25, -0.2) is 0 Å². The highest BCUT2D eigenvalue weighted by Crippen LogP contribution is 2.23. The van der Waals surface area contributed by atoms with Crippen LogP contribution in [0.5, 0.6) is 0 Å². The summed E-state index contributed by atoms with van der Waals surface area (Å²) in [6.07, 6.45) is 0.657. The summed E-state index contributed by atoms with van der Waals surface area (Å²) in [5.74, 6) is 0.878. The number of rotatable bonds is 4. The van der Waals surface area contributed by atoms with Gasteiger partial charge in [-0.2, -0.15) is 11.8 Å². The van der Waals surface area contributed by atoms with Crippen molar-refractivity contribution in [1.29, 1.82) is 0 Å². The molecule has 0 aromatic rings. The summed E-state index contributed by atoms with van der Waals surface area (Å²) in [5, 5.41) is -0.440. The summed E-state index contributed by atoms with van der Waals surface area (Å²) >= 11 is 6.99. The molecule has 0 saturated heterocycles. The molecule has 0 aromatic carbocycles. The second kappa shape index (κ2) is 5.10. The Labute approximate surface area is 83.2 Å². The summed E-state index contributed by atoms with van der Waals surface area (Å²) in [4.78, 5) is 10.5. The Bertz CT molecular complexity index is 156. The summed E-state index contributed by atoms with van der Waals surface area (Å²) in [6.45, 7) is 6.39. The van der Waals surface area contributed by atoms with Crippen molar-refractivity contribution in [3.8, 4) is 0 Å². The van der Waals surface area contributed by atoms with E-state index in [-0.39, 0.29) is 4.75 Å². The highest BCUT2D eigenvalue weighted by Gasteiger charge is 2.14. The lowest BCUT2D eigenvalue weighted by Crippen LogP contribution is -2.27. The summed E-state index contributed by atoms with van der Waals surface area (Å²) in [6, 6.07) is -0.499. The number of halogens is 1. The third kappa shape index (κ3) is 6.95. The zero-order valence-electron chi connectivity index (χ0n) is 7.76. The van der Waals surface area contributed by atoms with Crippen LogP contribution in [0.25, 0.3) is 0 Å². The topological polar surface area (TPSA) is 43.1 Å². The summed E-state index contributed by atoms with van der Waals surface area (Å²) < 4.78 is 0.231. The van der Waals surface area contributed by atoms with Crippen LogP contribution >= 0.6 is 23.4 Å². The van der Waals surface area contributed by atoms with Gasteiger partial charge in [0, 0.05) is 4.75 Å². The molecule has 0 radical (unpaired) electrons. The molecule has 2 nitrogen and oxygen atoms in total. The Morgan fingerprint density at radius 3 is 2.42 bits per heavy atom. The van der Waals surface area contributed by atoms with E-state index in [9.17, 15) is 4.79 Å². The number of thioether (sulfide) groups is 1. The zero-order chi connectivity index (χ0) is 9.78. The molecule has 2 N–H and O–H groups in total. The van der Waals surface area contributed by atoms with E-state index in [2.05, 4.69) is 20.8 Å². The van der Waals surface area contributed by atoms with Crippen molar-refractivity contribution in [2.45, 2.75) is 38.0 Å². The molecule has 1 atom stereocenters. The molecule has 0 aliphatic heterocycles. The zero-order valence-corrected chi connectivity index (χ0v) is 9.34. The minimum atomic E-state index is -0.499. The van der Waals surface area contributed by atoms with E-state index in [1.54, 1.807) is 11.8 Å². The molecule has 0 saturated carbocycles. The number of nitrogens with two attached hydrogens (primary N) is 1. The normalized spacial score (nSPS) is 14.4. The smallest absolute Gasteiger partial charge is 0.238 e. The maximum atomic E-state index is 10.5. The van der Waals surface area contributed by atoms with Crippen molar-refractivity contribution >= 4 is 28.6 Å². The highest BCUT2D eigenvalue weighted by molar-refractivity contribution is 8.00. The Balaban J connectivity index is 3.51. The molecule has 0 bridgehead atoms. The summed E-state index contributed by atoms with van der Waals surface area (Å²) in [5.41, 5.74) is 5.45. The molecule has 12 heavy (non-hydrogen) atoms. The van der Waals surface area contributed by atoms with E-state index >= 15 is 0 Å². The van der Waals surface area contributed by atoms with Gasteiger partial charge in [0.25, 0.3) is 0 Å². The van der Waals surface area contributed by atoms with Crippen molar-refractivity contribution in [3.05, 3.63) is 0 Å². The van der Waals surface area contributed by atoms with Crippen LogP contribution in [0, 0.1) is 0 Å². The van der Waals surface area contributed by atoms with Crippen LogP contribution in [0.3, 0.4) is 0 Å². The fourth-order valence-electron chi connectivity index (χ4n) is 0.606. The molecule has 0 amide bonds. The Morgan fingerprint density at radius 1 is 1.58 bits per heavy atom. The predicted molar refractivity (Wildman–Crippen MR) is 55.7 cm³/mol. The maximum Gasteiger partial charge on any atom is 0.238 e. The SMILES string of the molecule is CC(C)(C)SCC[C@H](N)C(=O)Cl. The fourth-order valence-corrected chi connectivity index (χ4v) is 1.70. The van der Waals surface area contributed by atoms with E-state index in [1.807, 2.05) is 0 Å². The number of carbonyl (C=O) groups excluding carboxylic acids is 1. The molecule has 72 valence electrons. The van der Waals surface area contributed by atoms with E-state index in [0.29, 0.717) is 6.42 Å². The predicted octanol–water partition coefficient (Wildman–Crippen LogP) is 2.00. The first-order chi connectivity index (χ1) is 5.33. The van der Waals surface area contributed by atoms with Crippen molar-refractivity contribution in [3.63, 3.8) is 0 Å². The molecule has 0 heterocycles. The van der Waals surface area contributed by atoms with Gasteiger partial charge in [-0.3, -0.25) is 4.79 Å². The average Bonchev–Trinajstić information content (AvgIpc) is 1.84. The Kier molecular flexibility index (Phi) is 5.21. The monoisotopic (exact) mass is 209 g/mol. The van der Waals surface area contributed by atoms with Gasteiger partial charge in [0.05, 0.1) is 6.04 Å². The molecule has 0 fully saturated rings. The van der Waals surface area contributed by atoms with Gasteiger partial charge >= 0.3 is 0 Å². The van der Waals surface area contributed by atoms with E-state index in [0.717, 1.165) is 5.75 Å². The van der Waals surface area contributed by atoms with E-state index < -0.39 is 11.3 Å². The molecular weight excluding hydrogens is 194 g/mol. The molecule has 0 rings (SSSR count).